The Labute approximate surface area is 186 Å². The molecular formula is C21H23ClN2O6S. The van der Waals surface area contributed by atoms with Crippen molar-refractivity contribution in [2.45, 2.75) is 24.8 Å². The van der Waals surface area contributed by atoms with Gasteiger partial charge in [-0.15, -0.1) is 0 Å². The topological polar surface area (TPSA) is 102 Å². The van der Waals surface area contributed by atoms with Crippen LogP contribution in [0.15, 0.2) is 47.4 Å². The van der Waals surface area contributed by atoms with E-state index < -0.39 is 28.0 Å². The molecule has 1 aliphatic rings. The van der Waals surface area contributed by atoms with Crippen molar-refractivity contribution in [2.75, 3.05) is 31.6 Å². The molecule has 0 aromatic heterocycles. The first-order valence-electron chi connectivity index (χ1n) is 9.64. The van der Waals surface area contributed by atoms with Crippen LogP contribution in [0.4, 0.5) is 5.69 Å². The van der Waals surface area contributed by atoms with Crippen molar-refractivity contribution >= 4 is 39.2 Å². The molecule has 2 aromatic carbocycles. The van der Waals surface area contributed by atoms with Crippen LogP contribution in [0.2, 0.25) is 5.02 Å². The number of carbonyl (C=O) groups is 2. The molecule has 8 nitrogen and oxygen atoms in total. The third-order valence-corrected chi connectivity index (χ3v) is 6.96. The molecular weight excluding hydrogens is 444 g/mol. The van der Waals surface area contributed by atoms with Gasteiger partial charge >= 0.3 is 5.97 Å². The molecule has 1 N–H and O–H groups in total. The Morgan fingerprint density at radius 3 is 2.42 bits per heavy atom. The lowest BCUT2D eigenvalue weighted by Crippen LogP contribution is -2.40. The van der Waals surface area contributed by atoms with Crippen LogP contribution in [-0.2, 0) is 24.3 Å². The second kappa shape index (κ2) is 9.78. The van der Waals surface area contributed by atoms with E-state index in [0.29, 0.717) is 18.9 Å². The maximum atomic E-state index is 12.8. The van der Waals surface area contributed by atoms with Gasteiger partial charge in [-0.2, -0.15) is 4.31 Å². The predicted molar refractivity (Wildman–Crippen MR) is 116 cm³/mol. The molecule has 31 heavy (non-hydrogen) atoms. The number of carbonyl (C=O) groups excluding carboxylic acids is 2. The van der Waals surface area contributed by atoms with Crippen molar-refractivity contribution in [3.63, 3.8) is 0 Å². The summed E-state index contributed by atoms with van der Waals surface area (Å²) in [6, 6.07) is 11.0. The third-order valence-electron chi connectivity index (χ3n) is 4.74. The van der Waals surface area contributed by atoms with Crippen molar-refractivity contribution in [1.29, 1.82) is 0 Å². The Balaban J connectivity index is 1.72. The zero-order chi connectivity index (χ0) is 22.6. The fourth-order valence-corrected chi connectivity index (χ4v) is 4.55. The highest BCUT2D eigenvalue weighted by Gasteiger charge is 2.28. The molecule has 166 valence electrons. The van der Waals surface area contributed by atoms with Crippen molar-refractivity contribution in [3.05, 3.63) is 58.6 Å². The molecule has 1 heterocycles. The Kier molecular flexibility index (Phi) is 7.32. The number of aryl methyl sites for hydroxylation is 1. The van der Waals surface area contributed by atoms with Crippen molar-refractivity contribution in [1.82, 2.24) is 4.31 Å². The summed E-state index contributed by atoms with van der Waals surface area (Å²) in [7, 11) is -3.82. The highest BCUT2D eigenvalue weighted by molar-refractivity contribution is 7.89. The monoisotopic (exact) mass is 466 g/mol. The van der Waals surface area contributed by atoms with E-state index >= 15 is 0 Å². The summed E-state index contributed by atoms with van der Waals surface area (Å²) in [6.07, 6.45) is -1.12. The average Bonchev–Trinajstić information content (AvgIpc) is 2.76. The Morgan fingerprint density at radius 2 is 1.77 bits per heavy atom. The van der Waals surface area contributed by atoms with Crippen molar-refractivity contribution in [2.24, 2.45) is 0 Å². The number of nitrogens with zero attached hydrogens (tertiary/aromatic N) is 1. The van der Waals surface area contributed by atoms with Crippen LogP contribution in [0.1, 0.15) is 22.8 Å². The minimum Gasteiger partial charge on any atom is -0.449 e. The molecule has 1 fully saturated rings. The van der Waals surface area contributed by atoms with Crippen LogP contribution >= 0.6 is 11.6 Å². The number of amides is 1. The number of anilines is 1. The summed E-state index contributed by atoms with van der Waals surface area (Å²) >= 11 is 6.10. The van der Waals surface area contributed by atoms with Gasteiger partial charge in [-0.1, -0.05) is 29.3 Å². The number of hydrogen-bond acceptors (Lipinski definition) is 6. The number of hydrogen-bond donors (Lipinski definition) is 1. The van der Waals surface area contributed by atoms with Crippen LogP contribution in [0.25, 0.3) is 0 Å². The van der Waals surface area contributed by atoms with Gasteiger partial charge in [0.2, 0.25) is 10.0 Å². The lowest BCUT2D eigenvalue weighted by molar-refractivity contribution is -0.123. The zero-order valence-corrected chi connectivity index (χ0v) is 18.7. The zero-order valence-electron chi connectivity index (χ0n) is 17.1. The second-order valence-corrected chi connectivity index (χ2v) is 9.41. The molecule has 0 radical (unpaired) electrons. The maximum absolute atomic E-state index is 12.8. The van der Waals surface area contributed by atoms with E-state index in [9.17, 15) is 18.0 Å². The molecule has 1 atom stereocenters. The van der Waals surface area contributed by atoms with E-state index in [4.69, 9.17) is 21.1 Å². The largest absolute Gasteiger partial charge is 0.449 e. The van der Waals surface area contributed by atoms with Gasteiger partial charge in [-0.3, -0.25) is 4.79 Å². The third kappa shape index (κ3) is 5.62. The van der Waals surface area contributed by atoms with Gasteiger partial charge in [0.15, 0.2) is 6.10 Å². The van der Waals surface area contributed by atoms with E-state index in [1.807, 2.05) is 19.1 Å². The lowest BCUT2D eigenvalue weighted by Gasteiger charge is -2.26. The molecule has 0 unspecified atom stereocenters. The molecule has 2 aromatic rings. The second-order valence-electron chi connectivity index (χ2n) is 7.06. The molecule has 0 aliphatic carbocycles. The first-order chi connectivity index (χ1) is 14.7. The first-order valence-corrected chi connectivity index (χ1v) is 11.5. The van der Waals surface area contributed by atoms with E-state index in [0.717, 1.165) is 5.56 Å². The SMILES string of the molecule is Cc1ccc(NC(=O)[C@H](C)OC(=O)c2cc(S(=O)(=O)N3CCOCC3)ccc2Cl)cc1. The van der Waals surface area contributed by atoms with E-state index in [-0.39, 0.29) is 28.6 Å². The van der Waals surface area contributed by atoms with Crippen LogP contribution < -0.4 is 5.32 Å². The normalized spacial score (nSPS) is 15.8. The van der Waals surface area contributed by atoms with Gasteiger partial charge in [0.05, 0.1) is 28.7 Å². The number of ether oxygens (including phenoxy) is 2. The summed E-state index contributed by atoms with van der Waals surface area (Å²) in [6.45, 7) is 4.39. The standard InChI is InChI=1S/C21H23ClN2O6S/c1-14-3-5-16(6-4-14)23-20(25)15(2)30-21(26)18-13-17(7-8-19(18)22)31(27,28)24-9-11-29-12-10-24/h3-8,13,15H,9-12H2,1-2H3,(H,23,25)/t15-/m0/s1. The predicted octanol–water partition coefficient (Wildman–Crippen LogP) is 2.85. The smallest absolute Gasteiger partial charge is 0.340 e. The average molecular weight is 467 g/mol. The fourth-order valence-electron chi connectivity index (χ4n) is 2.92. The van der Waals surface area contributed by atoms with Gasteiger partial charge in [0, 0.05) is 18.8 Å². The molecule has 3 rings (SSSR count). The fraction of sp³-hybridized carbons (Fsp3) is 0.333. The number of rotatable bonds is 6. The summed E-state index contributed by atoms with van der Waals surface area (Å²) in [5, 5.41) is 2.68. The maximum Gasteiger partial charge on any atom is 0.340 e. The van der Waals surface area contributed by atoms with E-state index in [1.54, 1.807) is 12.1 Å². The van der Waals surface area contributed by atoms with Gasteiger partial charge in [-0.25, -0.2) is 13.2 Å². The number of benzene rings is 2. The van der Waals surface area contributed by atoms with Gasteiger partial charge in [0.1, 0.15) is 0 Å². The quantitative estimate of drug-likeness (QED) is 0.657. The number of esters is 1. The van der Waals surface area contributed by atoms with Crippen molar-refractivity contribution in [3.8, 4) is 0 Å². The van der Waals surface area contributed by atoms with Crippen LogP contribution in [0.3, 0.4) is 0 Å². The summed E-state index contributed by atoms with van der Waals surface area (Å²) < 4.78 is 37.4. The van der Waals surface area contributed by atoms with Crippen molar-refractivity contribution < 1.29 is 27.5 Å². The van der Waals surface area contributed by atoms with E-state index in [2.05, 4.69) is 5.32 Å². The highest BCUT2D eigenvalue weighted by atomic mass is 35.5. The first kappa shape index (κ1) is 23.2. The number of nitrogens with one attached hydrogen (secondary N) is 1. The van der Waals surface area contributed by atoms with Gasteiger partial charge in [-0.05, 0) is 44.2 Å². The number of morpholine rings is 1. The molecule has 0 saturated carbocycles. The van der Waals surface area contributed by atoms with E-state index in [1.165, 1.54) is 29.4 Å². The molecule has 1 saturated heterocycles. The molecule has 1 aliphatic heterocycles. The molecule has 0 bridgehead atoms. The lowest BCUT2D eigenvalue weighted by atomic mass is 10.2. The van der Waals surface area contributed by atoms with Crippen LogP contribution in [0, 0.1) is 6.92 Å². The van der Waals surface area contributed by atoms with Gasteiger partial charge < -0.3 is 14.8 Å². The minimum absolute atomic E-state index is 0.0251. The number of halogens is 1. The Hall–Kier alpha value is -2.46. The molecule has 1 amide bonds. The Morgan fingerprint density at radius 1 is 1.13 bits per heavy atom. The minimum atomic E-state index is -3.82. The Bertz CT molecular complexity index is 1070. The summed E-state index contributed by atoms with van der Waals surface area (Å²) in [5.41, 5.74) is 1.47. The molecule has 0 spiro atoms. The van der Waals surface area contributed by atoms with Crippen LogP contribution in [0.5, 0.6) is 0 Å². The van der Waals surface area contributed by atoms with Gasteiger partial charge in [0.25, 0.3) is 5.91 Å². The number of sulfonamides is 1. The molecule has 10 heteroatoms. The summed E-state index contributed by atoms with van der Waals surface area (Å²) in [5.74, 6) is -1.42. The van der Waals surface area contributed by atoms with Crippen LogP contribution in [-0.4, -0.2) is 57.0 Å². The summed E-state index contributed by atoms with van der Waals surface area (Å²) in [4.78, 5) is 24.9. The highest BCUT2D eigenvalue weighted by Crippen LogP contribution is 2.24.